The molecule has 0 radical (unpaired) electrons. The number of benzene rings is 1. The molecule has 1 aromatic rings. The summed E-state index contributed by atoms with van der Waals surface area (Å²) in [6.45, 7) is 4.05. The van der Waals surface area contributed by atoms with Crippen LogP contribution in [0.4, 0.5) is 4.39 Å². The molecule has 0 atom stereocenters. The van der Waals surface area contributed by atoms with Gasteiger partial charge < -0.3 is 10.0 Å². The Bertz CT molecular complexity index is 450. The minimum absolute atomic E-state index is 0.256. The molecule has 1 aliphatic rings. The summed E-state index contributed by atoms with van der Waals surface area (Å²) in [5.41, 5.74) is 0.991. The quantitative estimate of drug-likeness (QED) is 0.874. The van der Waals surface area contributed by atoms with Crippen LogP contribution in [0, 0.1) is 5.82 Å². The number of likely N-dealkylation sites (tertiary alicyclic amines) is 1. The second-order valence-corrected chi connectivity index (χ2v) is 6.21. The number of nitrogens with zero attached hydrogens (tertiary/aromatic N) is 2. The maximum absolute atomic E-state index is 13.0. The zero-order chi connectivity index (χ0) is 15.2. The van der Waals surface area contributed by atoms with E-state index in [-0.39, 0.29) is 12.4 Å². The summed E-state index contributed by atoms with van der Waals surface area (Å²) in [6, 6.07) is 5.22. The van der Waals surface area contributed by atoms with Gasteiger partial charge in [0, 0.05) is 30.8 Å². The average Bonchev–Trinajstić information content (AvgIpc) is 2.48. The van der Waals surface area contributed by atoms with Gasteiger partial charge in [0.05, 0.1) is 0 Å². The molecule has 1 saturated heterocycles. The lowest BCUT2D eigenvalue weighted by molar-refractivity contribution is 0.117. The summed E-state index contributed by atoms with van der Waals surface area (Å²) in [6.07, 6.45) is 3.09. The fraction of sp³-hybridized carbons (Fsp3) is 0.625. The number of hydrogen-bond donors (Lipinski definition) is 1. The summed E-state index contributed by atoms with van der Waals surface area (Å²) in [5.74, 6) is -0.284. The minimum Gasteiger partial charge on any atom is -0.396 e. The van der Waals surface area contributed by atoms with Gasteiger partial charge in [0.2, 0.25) is 0 Å². The molecule has 1 aliphatic heterocycles. The lowest BCUT2D eigenvalue weighted by Crippen LogP contribution is -2.43. The van der Waals surface area contributed by atoms with Gasteiger partial charge in [0.15, 0.2) is 0 Å². The van der Waals surface area contributed by atoms with Gasteiger partial charge in [-0.15, -0.1) is 0 Å². The first-order chi connectivity index (χ1) is 10.1. The van der Waals surface area contributed by atoms with Crippen molar-refractivity contribution < 1.29 is 9.50 Å². The van der Waals surface area contributed by atoms with E-state index >= 15 is 0 Å². The van der Waals surface area contributed by atoms with Crippen molar-refractivity contribution in [2.24, 2.45) is 0 Å². The monoisotopic (exact) mass is 314 g/mol. The second-order valence-electron chi connectivity index (χ2n) is 5.80. The van der Waals surface area contributed by atoms with E-state index in [4.69, 9.17) is 16.7 Å². The fourth-order valence-corrected chi connectivity index (χ4v) is 3.14. The van der Waals surface area contributed by atoms with Crippen molar-refractivity contribution in [2.45, 2.75) is 31.8 Å². The fourth-order valence-electron chi connectivity index (χ4n) is 2.91. The minimum atomic E-state index is -0.284. The largest absolute Gasteiger partial charge is 0.396 e. The molecule has 3 nitrogen and oxygen atoms in total. The van der Waals surface area contributed by atoms with Crippen LogP contribution in [0.5, 0.6) is 0 Å². The van der Waals surface area contributed by atoms with Crippen LogP contribution in [-0.4, -0.2) is 54.2 Å². The van der Waals surface area contributed by atoms with Crippen LogP contribution in [0.15, 0.2) is 18.2 Å². The zero-order valence-electron chi connectivity index (χ0n) is 12.6. The van der Waals surface area contributed by atoms with E-state index in [1.54, 1.807) is 6.07 Å². The van der Waals surface area contributed by atoms with E-state index in [1.165, 1.54) is 12.1 Å². The summed E-state index contributed by atoms with van der Waals surface area (Å²) in [5, 5.41) is 9.40. The molecule has 1 fully saturated rings. The Hall–Kier alpha value is -0.680. The number of piperidine rings is 1. The van der Waals surface area contributed by atoms with E-state index in [2.05, 4.69) is 16.8 Å². The highest BCUT2D eigenvalue weighted by molar-refractivity contribution is 6.31. The average molecular weight is 315 g/mol. The second kappa shape index (κ2) is 8.08. The van der Waals surface area contributed by atoms with Crippen LogP contribution in [-0.2, 0) is 6.54 Å². The summed E-state index contributed by atoms with van der Waals surface area (Å²) < 4.78 is 13.0. The molecule has 0 aliphatic carbocycles. The van der Waals surface area contributed by atoms with Crippen LogP contribution >= 0.6 is 11.6 Å². The molecule has 118 valence electrons. The molecule has 0 saturated carbocycles. The molecule has 1 N–H and O–H groups in total. The van der Waals surface area contributed by atoms with E-state index in [0.717, 1.165) is 51.0 Å². The molecule has 0 spiro atoms. The van der Waals surface area contributed by atoms with Crippen molar-refractivity contribution in [1.82, 2.24) is 9.80 Å². The Morgan fingerprint density at radius 3 is 2.71 bits per heavy atom. The Morgan fingerprint density at radius 2 is 2.10 bits per heavy atom. The lowest BCUT2D eigenvalue weighted by Gasteiger charge is -2.36. The molecule has 0 aromatic heterocycles. The first-order valence-electron chi connectivity index (χ1n) is 7.57. The predicted molar refractivity (Wildman–Crippen MR) is 84.0 cm³/mol. The van der Waals surface area contributed by atoms with Crippen LogP contribution in [0.2, 0.25) is 5.02 Å². The van der Waals surface area contributed by atoms with Gasteiger partial charge >= 0.3 is 0 Å². The van der Waals surface area contributed by atoms with Crippen LogP contribution < -0.4 is 0 Å². The zero-order valence-corrected chi connectivity index (χ0v) is 13.3. The van der Waals surface area contributed by atoms with Gasteiger partial charge in [0.25, 0.3) is 0 Å². The number of aliphatic hydroxyl groups is 1. The Balaban J connectivity index is 1.81. The van der Waals surface area contributed by atoms with Gasteiger partial charge in [-0.3, -0.25) is 4.90 Å². The van der Waals surface area contributed by atoms with Gasteiger partial charge in [0.1, 0.15) is 5.82 Å². The third-order valence-electron chi connectivity index (χ3n) is 4.26. The normalized spacial score (nSPS) is 17.6. The molecule has 1 heterocycles. The molecule has 0 amide bonds. The summed E-state index contributed by atoms with van der Waals surface area (Å²) >= 11 is 6.09. The number of hydrogen-bond acceptors (Lipinski definition) is 3. The highest BCUT2D eigenvalue weighted by Crippen LogP contribution is 2.22. The smallest absolute Gasteiger partial charge is 0.124 e. The molecule has 21 heavy (non-hydrogen) atoms. The predicted octanol–water partition coefficient (Wildman–Crippen LogP) is 2.76. The third kappa shape index (κ3) is 4.92. The standard InChI is InChI=1S/C16H24ClFN2O/c1-19(7-2-10-21)15-5-8-20(9-6-15)12-13-3-4-14(18)11-16(13)17/h3-4,11,15,21H,2,5-10,12H2,1H3. The van der Waals surface area contributed by atoms with Crippen LogP contribution in [0.1, 0.15) is 24.8 Å². The summed E-state index contributed by atoms with van der Waals surface area (Å²) in [4.78, 5) is 4.72. The van der Waals surface area contributed by atoms with Crippen molar-refractivity contribution >= 4 is 11.6 Å². The van der Waals surface area contributed by atoms with E-state index in [0.29, 0.717) is 11.1 Å². The van der Waals surface area contributed by atoms with Crippen molar-refractivity contribution in [3.63, 3.8) is 0 Å². The van der Waals surface area contributed by atoms with Gasteiger partial charge in [-0.2, -0.15) is 0 Å². The molecule has 0 unspecified atom stereocenters. The maximum atomic E-state index is 13.0. The topological polar surface area (TPSA) is 26.7 Å². The first-order valence-corrected chi connectivity index (χ1v) is 7.95. The molecule has 1 aromatic carbocycles. The number of halogens is 2. The number of rotatable bonds is 6. The van der Waals surface area contributed by atoms with E-state index in [1.807, 2.05) is 0 Å². The van der Waals surface area contributed by atoms with Crippen molar-refractivity contribution in [2.75, 3.05) is 33.3 Å². The third-order valence-corrected chi connectivity index (χ3v) is 4.61. The lowest BCUT2D eigenvalue weighted by atomic mass is 10.0. The molecule has 2 rings (SSSR count). The van der Waals surface area contributed by atoms with Crippen LogP contribution in [0.25, 0.3) is 0 Å². The Morgan fingerprint density at radius 1 is 1.38 bits per heavy atom. The highest BCUT2D eigenvalue weighted by Gasteiger charge is 2.22. The summed E-state index contributed by atoms with van der Waals surface area (Å²) in [7, 11) is 2.13. The molecular weight excluding hydrogens is 291 g/mol. The van der Waals surface area contributed by atoms with Gasteiger partial charge in [-0.1, -0.05) is 17.7 Å². The SMILES string of the molecule is CN(CCCO)C1CCN(Cc2ccc(F)cc2Cl)CC1. The van der Waals surface area contributed by atoms with Crippen molar-refractivity contribution in [3.8, 4) is 0 Å². The van der Waals surface area contributed by atoms with Crippen molar-refractivity contribution in [3.05, 3.63) is 34.6 Å². The first kappa shape index (κ1) is 16.7. The number of aliphatic hydroxyl groups excluding tert-OH is 1. The van der Waals surface area contributed by atoms with Gasteiger partial charge in [-0.25, -0.2) is 4.39 Å². The molecule has 0 bridgehead atoms. The van der Waals surface area contributed by atoms with Gasteiger partial charge in [-0.05, 0) is 57.1 Å². The molecular formula is C16H24ClFN2O. The highest BCUT2D eigenvalue weighted by atomic mass is 35.5. The Labute approximate surface area is 131 Å². The van der Waals surface area contributed by atoms with E-state index in [9.17, 15) is 4.39 Å². The maximum Gasteiger partial charge on any atom is 0.124 e. The van der Waals surface area contributed by atoms with Crippen molar-refractivity contribution in [1.29, 1.82) is 0 Å². The van der Waals surface area contributed by atoms with E-state index < -0.39 is 0 Å². The van der Waals surface area contributed by atoms with Crippen LogP contribution in [0.3, 0.4) is 0 Å². The molecule has 5 heteroatoms. The Kier molecular flexibility index (Phi) is 6.42.